The molecule has 1 aliphatic rings. The van der Waals surface area contributed by atoms with Crippen LogP contribution in [0, 0.1) is 5.92 Å². The number of nitrogens with zero attached hydrogens (tertiary/aromatic N) is 1. The summed E-state index contributed by atoms with van der Waals surface area (Å²) in [5.74, 6) is 0.667. The molecule has 4 atom stereocenters. The minimum atomic E-state index is -0.0396. The van der Waals surface area contributed by atoms with Gasteiger partial charge >= 0.3 is 0 Å². The molecular weight excluding hydrogens is 773 g/mol. The predicted octanol–water partition coefficient (Wildman–Crippen LogP) is 17.8. The van der Waals surface area contributed by atoms with Gasteiger partial charge in [0.05, 0.1) is 12.2 Å². The predicted molar refractivity (Wildman–Crippen MR) is 279 cm³/mol. The first-order valence-corrected chi connectivity index (χ1v) is 29.2. The molecule has 1 rings (SSSR count). The Kier molecular flexibility index (Phi) is 42.8. The lowest BCUT2D eigenvalue weighted by Gasteiger charge is -2.32. The van der Waals surface area contributed by atoms with Gasteiger partial charge in [-0.25, -0.2) is 0 Å². The molecule has 4 unspecified atom stereocenters. The fraction of sp³-hybridized carbons (Fsp3) is 1.00. The Bertz CT molecular complexity index is 919. The molecule has 1 saturated heterocycles. The van der Waals surface area contributed by atoms with Gasteiger partial charge in [-0.1, -0.05) is 227 Å². The van der Waals surface area contributed by atoms with Gasteiger partial charge in [0.1, 0.15) is 5.72 Å². The topological polar surface area (TPSA) is 54.0 Å². The van der Waals surface area contributed by atoms with Crippen molar-refractivity contribution in [2.75, 3.05) is 39.5 Å². The van der Waals surface area contributed by atoms with Crippen molar-refractivity contribution in [3.8, 4) is 0 Å². The molecule has 0 bridgehead atoms. The van der Waals surface area contributed by atoms with E-state index in [4.69, 9.17) is 9.47 Å². The van der Waals surface area contributed by atoms with Gasteiger partial charge in [-0.3, -0.25) is 5.32 Å². The Morgan fingerprint density at radius 3 is 1.44 bits per heavy atom. The first kappa shape index (κ1) is 60.8. The van der Waals surface area contributed by atoms with E-state index in [0.29, 0.717) is 18.6 Å². The maximum Gasteiger partial charge on any atom is 0.119 e. The van der Waals surface area contributed by atoms with Crippen molar-refractivity contribution >= 4 is 0 Å². The molecule has 0 radical (unpaired) electrons. The highest BCUT2D eigenvalue weighted by atomic mass is 16.5. The molecule has 0 saturated carbocycles. The van der Waals surface area contributed by atoms with E-state index in [1.54, 1.807) is 0 Å². The SMILES string of the molecule is CCCCCCCCCC(C)(CCCCCC)OCC(C)CCCCCCCCN(CCCCO)CCCCCCCCC1COC(CCCCCC)(CCCCCCCCC)N1. The van der Waals surface area contributed by atoms with Gasteiger partial charge in [-0.15, -0.1) is 0 Å². The standard InChI is InChI=1S/C58H118N2O3/c1-7-11-15-19-23-29-36-46-57(6,45-35-17-13-9-3)62-53-55(5)43-33-27-21-25-31-39-49-60(51-41-42-52-61)50-40-32-26-22-28-34-44-56-54-63-58(59-56,47-37-18-14-10-4)48-38-30-24-20-16-12-8-2/h55-56,59,61H,7-54H2,1-6H3. The summed E-state index contributed by atoms with van der Waals surface area (Å²) in [7, 11) is 0. The Hall–Kier alpha value is -0.200. The van der Waals surface area contributed by atoms with Crippen LogP contribution >= 0.6 is 0 Å². The molecule has 1 aliphatic heterocycles. The van der Waals surface area contributed by atoms with E-state index >= 15 is 0 Å². The van der Waals surface area contributed by atoms with Crippen molar-refractivity contribution < 1.29 is 14.6 Å². The quantitative estimate of drug-likeness (QED) is 0.0596. The van der Waals surface area contributed by atoms with Crippen molar-refractivity contribution in [2.24, 2.45) is 5.92 Å². The third-order valence-electron chi connectivity index (χ3n) is 14.8. The highest BCUT2D eigenvalue weighted by Crippen LogP contribution is 2.31. The summed E-state index contributed by atoms with van der Waals surface area (Å²) in [6, 6.07) is 0.554. The molecule has 5 nitrogen and oxygen atoms in total. The molecule has 0 aromatic rings. The summed E-state index contributed by atoms with van der Waals surface area (Å²) in [5, 5.41) is 13.5. The smallest absolute Gasteiger partial charge is 0.119 e. The summed E-state index contributed by atoms with van der Waals surface area (Å²) in [6.07, 6.45) is 55.9. The lowest BCUT2D eigenvalue weighted by Crippen LogP contribution is -2.44. The maximum absolute atomic E-state index is 9.41. The number of hydrogen-bond donors (Lipinski definition) is 2. The van der Waals surface area contributed by atoms with E-state index in [2.05, 4.69) is 51.8 Å². The molecule has 63 heavy (non-hydrogen) atoms. The molecule has 0 aromatic heterocycles. The van der Waals surface area contributed by atoms with E-state index in [1.165, 1.54) is 270 Å². The third kappa shape index (κ3) is 36.5. The van der Waals surface area contributed by atoms with Gasteiger partial charge in [0, 0.05) is 19.3 Å². The molecule has 0 amide bonds. The van der Waals surface area contributed by atoms with Gasteiger partial charge < -0.3 is 19.5 Å². The van der Waals surface area contributed by atoms with Gasteiger partial charge in [0.2, 0.25) is 0 Å². The van der Waals surface area contributed by atoms with Crippen molar-refractivity contribution in [3.63, 3.8) is 0 Å². The number of unbranched alkanes of at least 4 members (excludes halogenated alkanes) is 29. The van der Waals surface area contributed by atoms with Gasteiger partial charge in [-0.05, 0) is 110 Å². The summed E-state index contributed by atoms with van der Waals surface area (Å²) in [4.78, 5) is 2.72. The zero-order valence-corrected chi connectivity index (χ0v) is 44.3. The molecule has 1 heterocycles. The largest absolute Gasteiger partial charge is 0.396 e. The van der Waals surface area contributed by atoms with Gasteiger partial charge in [0.15, 0.2) is 0 Å². The van der Waals surface area contributed by atoms with Crippen LogP contribution in [0.5, 0.6) is 0 Å². The highest BCUT2D eigenvalue weighted by Gasteiger charge is 2.38. The molecule has 1 fully saturated rings. The molecule has 0 aliphatic carbocycles. The Labute approximate surface area is 397 Å². The van der Waals surface area contributed by atoms with Crippen molar-refractivity contribution in [1.29, 1.82) is 0 Å². The van der Waals surface area contributed by atoms with Crippen molar-refractivity contribution in [2.45, 2.75) is 329 Å². The minimum absolute atomic E-state index is 0.0396. The lowest BCUT2D eigenvalue weighted by atomic mass is 9.91. The van der Waals surface area contributed by atoms with Crippen LogP contribution in [-0.4, -0.2) is 66.8 Å². The molecule has 5 heteroatoms. The lowest BCUT2D eigenvalue weighted by molar-refractivity contribution is -0.0608. The molecule has 0 aromatic carbocycles. The van der Waals surface area contributed by atoms with E-state index in [-0.39, 0.29) is 11.3 Å². The minimum Gasteiger partial charge on any atom is -0.396 e. The van der Waals surface area contributed by atoms with Crippen LogP contribution in [0.4, 0.5) is 0 Å². The first-order valence-electron chi connectivity index (χ1n) is 29.2. The van der Waals surface area contributed by atoms with Crippen LogP contribution in [0.2, 0.25) is 0 Å². The molecular formula is C58H118N2O3. The van der Waals surface area contributed by atoms with E-state index < -0.39 is 0 Å². The maximum atomic E-state index is 9.41. The second-order valence-corrected chi connectivity index (χ2v) is 21.5. The van der Waals surface area contributed by atoms with Crippen molar-refractivity contribution in [3.05, 3.63) is 0 Å². The van der Waals surface area contributed by atoms with Crippen LogP contribution in [0.15, 0.2) is 0 Å². The van der Waals surface area contributed by atoms with Crippen LogP contribution in [0.25, 0.3) is 0 Å². The van der Waals surface area contributed by atoms with Crippen LogP contribution in [-0.2, 0) is 9.47 Å². The highest BCUT2D eigenvalue weighted by molar-refractivity contribution is 4.89. The number of rotatable bonds is 51. The van der Waals surface area contributed by atoms with E-state index in [0.717, 1.165) is 32.6 Å². The Balaban J connectivity index is 2.24. The van der Waals surface area contributed by atoms with E-state index in [1.807, 2.05) is 0 Å². The number of nitrogens with one attached hydrogen (secondary N) is 1. The molecule has 378 valence electrons. The average molecular weight is 892 g/mol. The van der Waals surface area contributed by atoms with Crippen molar-refractivity contribution in [1.82, 2.24) is 10.2 Å². The molecule has 0 spiro atoms. The Morgan fingerprint density at radius 1 is 0.540 bits per heavy atom. The summed E-state index contributed by atoms with van der Waals surface area (Å²) >= 11 is 0. The number of hydrogen-bond acceptors (Lipinski definition) is 5. The number of aliphatic hydroxyl groups is 1. The second kappa shape index (κ2) is 44.3. The zero-order chi connectivity index (χ0) is 45.8. The summed E-state index contributed by atoms with van der Waals surface area (Å²) in [6.45, 7) is 19.9. The van der Waals surface area contributed by atoms with Gasteiger partial charge in [0.25, 0.3) is 0 Å². The Morgan fingerprint density at radius 2 is 0.937 bits per heavy atom. The first-order chi connectivity index (χ1) is 30.9. The second-order valence-electron chi connectivity index (χ2n) is 21.5. The fourth-order valence-corrected chi connectivity index (χ4v) is 10.3. The number of ether oxygens (including phenoxy) is 2. The summed E-state index contributed by atoms with van der Waals surface area (Å²) < 4.78 is 13.4. The van der Waals surface area contributed by atoms with Crippen LogP contribution < -0.4 is 5.32 Å². The average Bonchev–Trinajstić information content (AvgIpc) is 3.69. The third-order valence-corrected chi connectivity index (χ3v) is 14.8. The fourth-order valence-electron chi connectivity index (χ4n) is 10.3. The van der Waals surface area contributed by atoms with Crippen LogP contribution in [0.3, 0.4) is 0 Å². The van der Waals surface area contributed by atoms with Crippen LogP contribution in [0.1, 0.15) is 311 Å². The normalized spacial score (nSPS) is 18.2. The monoisotopic (exact) mass is 891 g/mol. The van der Waals surface area contributed by atoms with Gasteiger partial charge in [-0.2, -0.15) is 0 Å². The summed E-state index contributed by atoms with van der Waals surface area (Å²) in [5.41, 5.74) is 0.0386. The van der Waals surface area contributed by atoms with E-state index in [9.17, 15) is 5.11 Å². The zero-order valence-electron chi connectivity index (χ0n) is 44.3. The molecule has 2 N–H and O–H groups in total. The number of aliphatic hydroxyl groups excluding tert-OH is 1.